The Bertz CT molecular complexity index is 352. The summed E-state index contributed by atoms with van der Waals surface area (Å²) >= 11 is 0. The van der Waals surface area contributed by atoms with Crippen LogP contribution in [0.15, 0.2) is 12.3 Å². The molecule has 0 radical (unpaired) electrons. The number of aromatic nitrogens is 2. The number of nitrogens with one attached hydrogen (secondary N) is 1. The molecule has 0 bridgehead atoms. The molecular formula is C14H26N4. The van der Waals surface area contributed by atoms with Crippen LogP contribution < -0.4 is 5.32 Å². The predicted molar refractivity (Wildman–Crippen MR) is 74.3 cm³/mol. The van der Waals surface area contributed by atoms with Crippen molar-refractivity contribution in [1.29, 1.82) is 0 Å². The number of hydrogen-bond acceptors (Lipinski definition) is 3. The van der Waals surface area contributed by atoms with Crippen molar-refractivity contribution in [2.45, 2.75) is 39.3 Å². The van der Waals surface area contributed by atoms with Gasteiger partial charge in [0.05, 0.1) is 5.69 Å². The van der Waals surface area contributed by atoms with Gasteiger partial charge in [-0.25, -0.2) is 0 Å². The lowest BCUT2D eigenvalue weighted by Gasteiger charge is -2.32. The summed E-state index contributed by atoms with van der Waals surface area (Å²) in [4.78, 5) is 2.58. The van der Waals surface area contributed by atoms with Crippen molar-refractivity contribution in [3.05, 3.63) is 18.0 Å². The van der Waals surface area contributed by atoms with E-state index in [0.29, 0.717) is 6.04 Å². The number of hydrogen-bond donors (Lipinski definition) is 1. The highest BCUT2D eigenvalue weighted by Gasteiger charge is 2.19. The van der Waals surface area contributed by atoms with E-state index in [4.69, 9.17) is 0 Å². The van der Waals surface area contributed by atoms with Gasteiger partial charge in [-0.05, 0) is 51.8 Å². The molecule has 1 saturated heterocycles. The summed E-state index contributed by atoms with van der Waals surface area (Å²) in [7, 11) is 2.03. The van der Waals surface area contributed by atoms with Crippen molar-refractivity contribution < 1.29 is 0 Å². The van der Waals surface area contributed by atoms with Crippen molar-refractivity contribution in [3.8, 4) is 0 Å². The van der Waals surface area contributed by atoms with E-state index in [1.165, 1.54) is 38.2 Å². The Morgan fingerprint density at radius 2 is 2.17 bits per heavy atom. The van der Waals surface area contributed by atoms with E-state index in [1.807, 2.05) is 17.9 Å². The Morgan fingerprint density at radius 3 is 2.72 bits per heavy atom. The molecule has 0 saturated carbocycles. The molecule has 102 valence electrons. The zero-order chi connectivity index (χ0) is 13.0. The predicted octanol–water partition coefficient (Wildman–Crippen LogP) is 1.63. The van der Waals surface area contributed by atoms with Gasteiger partial charge >= 0.3 is 0 Å². The van der Waals surface area contributed by atoms with Gasteiger partial charge in [-0.15, -0.1) is 0 Å². The quantitative estimate of drug-likeness (QED) is 0.862. The first-order valence-electron chi connectivity index (χ1n) is 7.08. The third-order valence-electron chi connectivity index (χ3n) is 3.97. The van der Waals surface area contributed by atoms with Crippen LogP contribution in [-0.4, -0.2) is 40.4 Å². The minimum atomic E-state index is 0.592. The zero-order valence-corrected chi connectivity index (χ0v) is 11.9. The zero-order valence-electron chi connectivity index (χ0n) is 11.9. The summed E-state index contributed by atoms with van der Waals surface area (Å²) < 4.78 is 1.98. The summed E-state index contributed by atoms with van der Waals surface area (Å²) in [5, 5.41) is 7.70. The summed E-state index contributed by atoms with van der Waals surface area (Å²) in [6.07, 6.45) is 4.52. The molecule has 0 amide bonds. The first-order chi connectivity index (χ1) is 8.66. The lowest BCUT2D eigenvalue weighted by molar-refractivity contribution is 0.158. The standard InChI is InChI=1S/C14H26N4/c1-12(2)18(10-13-4-7-15-8-5-13)11-14-6-9-16-17(14)3/h6,9,12-13,15H,4-5,7-8,10-11H2,1-3H3. The van der Waals surface area contributed by atoms with E-state index in [2.05, 4.69) is 35.2 Å². The van der Waals surface area contributed by atoms with Gasteiger partial charge in [0.1, 0.15) is 0 Å². The Kier molecular flexibility index (Phi) is 4.78. The van der Waals surface area contributed by atoms with Crippen molar-refractivity contribution in [1.82, 2.24) is 20.0 Å². The Balaban J connectivity index is 1.93. The molecule has 1 aliphatic heterocycles. The van der Waals surface area contributed by atoms with Crippen molar-refractivity contribution >= 4 is 0 Å². The van der Waals surface area contributed by atoms with Gasteiger partial charge in [-0.2, -0.15) is 5.10 Å². The maximum Gasteiger partial charge on any atom is 0.0521 e. The van der Waals surface area contributed by atoms with Gasteiger partial charge in [0.15, 0.2) is 0 Å². The minimum Gasteiger partial charge on any atom is -0.317 e. The van der Waals surface area contributed by atoms with E-state index in [-0.39, 0.29) is 0 Å². The van der Waals surface area contributed by atoms with Crippen LogP contribution in [0.1, 0.15) is 32.4 Å². The lowest BCUT2D eigenvalue weighted by Crippen LogP contribution is -2.39. The number of nitrogens with zero attached hydrogens (tertiary/aromatic N) is 3. The number of rotatable bonds is 5. The molecule has 2 heterocycles. The van der Waals surface area contributed by atoms with Gasteiger partial charge in [0.2, 0.25) is 0 Å². The maximum absolute atomic E-state index is 4.26. The fourth-order valence-corrected chi connectivity index (χ4v) is 2.62. The first kappa shape index (κ1) is 13.6. The monoisotopic (exact) mass is 250 g/mol. The summed E-state index contributed by atoms with van der Waals surface area (Å²) in [6, 6.07) is 2.72. The second kappa shape index (κ2) is 6.34. The first-order valence-corrected chi connectivity index (χ1v) is 7.08. The minimum absolute atomic E-state index is 0.592. The third-order valence-corrected chi connectivity index (χ3v) is 3.97. The number of piperidine rings is 1. The topological polar surface area (TPSA) is 33.1 Å². The molecule has 0 unspecified atom stereocenters. The molecule has 1 aromatic heterocycles. The fourth-order valence-electron chi connectivity index (χ4n) is 2.62. The van der Waals surface area contributed by atoms with Gasteiger partial charge < -0.3 is 5.32 Å². The molecule has 0 spiro atoms. The Labute approximate surface area is 110 Å². The maximum atomic E-state index is 4.26. The second-order valence-corrected chi connectivity index (χ2v) is 5.66. The van der Waals surface area contributed by atoms with Gasteiger partial charge in [0.25, 0.3) is 0 Å². The highest BCUT2D eigenvalue weighted by Crippen LogP contribution is 2.17. The average Bonchev–Trinajstić information content (AvgIpc) is 2.75. The Hall–Kier alpha value is -0.870. The molecule has 2 rings (SSSR count). The normalized spacial score (nSPS) is 17.8. The molecule has 4 nitrogen and oxygen atoms in total. The van der Waals surface area contributed by atoms with Crippen LogP contribution in [0.25, 0.3) is 0 Å². The van der Waals surface area contributed by atoms with E-state index < -0.39 is 0 Å². The molecule has 0 aromatic carbocycles. The highest BCUT2D eigenvalue weighted by molar-refractivity contribution is 5.00. The molecule has 1 aliphatic rings. The van der Waals surface area contributed by atoms with Gasteiger partial charge in [-0.1, -0.05) is 0 Å². The lowest BCUT2D eigenvalue weighted by atomic mass is 9.97. The van der Waals surface area contributed by atoms with Gasteiger partial charge in [0, 0.05) is 32.4 Å². The van der Waals surface area contributed by atoms with Crippen LogP contribution in [0.3, 0.4) is 0 Å². The summed E-state index contributed by atoms with van der Waals surface area (Å²) in [6.45, 7) is 9.17. The smallest absolute Gasteiger partial charge is 0.0521 e. The van der Waals surface area contributed by atoms with Crippen LogP contribution in [-0.2, 0) is 13.6 Å². The van der Waals surface area contributed by atoms with E-state index >= 15 is 0 Å². The van der Waals surface area contributed by atoms with Crippen molar-refractivity contribution in [3.63, 3.8) is 0 Å². The molecule has 18 heavy (non-hydrogen) atoms. The van der Waals surface area contributed by atoms with Crippen molar-refractivity contribution in [2.24, 2.45) is 13.0 Å². The van der Waals surface area contributed by atoms with Crippen LogP contribution in [0.5, 0.6) is 0 Å². The van der Waals surface area contributed by atoms with Crippen LogP contribution in [0, 0.1) is 5.92 Å². The average molecular weight is 250 g/mol. The largest absolute Gasteiger partial charge is 0.317 e. The summed E-state index contributed by atoms with van der Waals surface area (Å²) in [5.74, 6) is 0.849. The van der Waals surface area contributed by atoms with E-state index in [9.17, 15) is 0 Å². The molecular weight excluding hydrogens is 224 g/mol. The van der Waals surface area contributed by atoms with Crippen LogP contribution in [0.2, 0.25) is 0 Å². The SMILES string of the molecule is CC(C)N(Cc1ccnn1C)CC1CCNCC1. The number of aryl methyl sites for hydroxylation is 1. The molecule has 1 fully saturated rings. The molecule has 4 heteroatoms. The summed E-state index contributed by atoms with van der Waals surface area (Å²) in [5.41, 5.74) is 1.30. The van der Waals surface area contributed by atoms with Gasteiger partial charge in [-0.3, -0.25) is 9.58 Å². The second-order valence-electron chi connectivity index (χ2n) is 5.66. The highest BCUT2D eigenvalue weighted by atomic mass is 15.3. The van der Waals surface area contributed by atoms with Crippen molar-refractivity contribution in [2.75, 3.05) is 19.6 Å². The fraction of sp³-hybridized carbons (Fsp3) is 0.786. The van der Waals surface area contributed by atoms with E-state index in [1.54, 1.807) is 0 Å². The van der Waals surface area contributed by atoms with Crippen LogP contribution >= 0.6 is 0 Å². The third kappa shape index (κ3) is 3.56. The Morgan fingerprint density at radius 1 is 1.44 bits per heavy atom. The molecule has 1 aromatic rings. The molecule has 0 atom stereocenters. The van der Waals surface area contributed by atoms with E-state index in [0.717, 1.165) is 12.5 Å². The molecule has 0 aliphatic carbocycles. The van der Waals surface area contributed by atoms with Crippen LogP contribution in [0.4, 0.5) is 0 Å². The molecule has 1 N–H and O–H groups in total.